The van der Waals surface area contributed by atoms with E-state index in [2.05, 4.69) is 24.0 Å². The van der Waals surface area contributed by atoms with E-state index in [0.717, 1.165) is 24.4 Å². The molecule has 0 aliphatic carbocycles. The van der Waals surface area contributed by atoms with Gasteiger partial charge in [0, 0.05) is 19.0 Å². The Morgan fingerprint density at radius 2 is 2.11 bits per heavy atom. The number of nitrogens with zero attached hydrogens (tertiary/aromatic N) is 2. The van der Waals surface area contributed by atoms with Gasteiger partial charge in [-0.2, -0.15) is 5.26 Å². The number of hydrogen-bond acceptors (Lipinski definition) is 4. The number of hydrogen-bond donors (Lipinski definition) is 0. The van der Waals surface area contributed by atoms with Crippen LogP contribution in [0.4, 0.5) is 0 Å². The van der Waals surface area contributed by atoms with E-state index in [4.69, 9.17) is 9.47 Å². The maximum Gasteiger partial charge on any atom is 0.119 e. The summed E-state index contributed by atoms with van der Waals surface area (Å²) in [5.41, 5.74) is 1.14. The lowest BCUT2D eigenvalue weighted by molar-refractivity contribution is 0.0231. The molecule has 1 saturated heterocycles. The maximum atomic E-state index is 9.47. The third-order valence-corrected chi connectivity index (χ3v) is 3.66. The highest BCUT2D eigenvalue weighted by atomic mass is 16.5. The predicted octanol–water partition coefficient (Wildman–Crippen LogP) is 2.02. The van der Waals surface area contributed by atoms with Gasteiger partial charge in [-0.25, -0.2) is 0 Å². The summed E-state index contributed by atoms with van der Waals surface area (Å²) in [5, 5.41) is 9.47. The van der Waals surface area contributed by atoms with E-state index >= 15 is 0 Å². The summed E-state index contributed by atoms with van der Waals surface area (Å²) < 4.78 is 10.6. The molecule has 0 aromatic heterocycles. The van der Waals surface area contributed by atoms with Crippen LogP contribution in [0.15, 0.2) is 24.3 Å². The first-order valence-corrected chi connectivity index (χ1v) is 6.61. The first kappa shape index (κ1) is 13.9. The highest BCUT2D eigenvalue weighted by molar-refractivity contribution is 5.32. The van der Waals surface area contributed by atoms with E-state index in [9.17, 15) is 5.26 Å². The van der Waals surface area contributed by atoms with Crippen molar-refractivity contribution in [1.82, 2.24) is 4.90 Å². The number of benzene rings is 1. The second-order valence-electron chi connectivity index (χ2n) is 4.79. The van der Waals surface area contributed by atoms with Crippen LogP contribution in [0.3, 0.4) is 0 Å². The first-order chi connectivity index (χ1) is 9.26. The number of ether oxygens (including phenoxy) is 2. The highest BCUT2D eigenvalue weighted by Gasteiger charge is 2.27. The van der Waals surface area contributed by atoms with Crippen molar-refractivity contribution in [3.05, 3.63) is 29.8 Å². The lowest BCUT2D eigenvalue weighted by atomic mass is 9.92. The van der Waals surface area contributed by atoms with Crippen LogP contribution in [-0.2, 0) is 4.74 Å². The second kappa shape index (κ2) is 6.55. The third kappa shape index (κ3) is 3.25. The maximum absolute atomic E-state index is 9.47. The Bertz CT molecular complexity index is 450. The Kier molecular flexibility index (Phi) is 4.78. The quantitative estimate of drug-likeness (QED) is 0.831. The third-order valence-electron chi connectivity index (χ3n) is 3.66. The molecule has 4 nitrogen and oxygen atoms in total. The molecule has 1 aromatic rings. The summed E-state index contributed by atoms with van der Waals surface area (Å²) in [6, 6.07) is 10.3. The highest BCUT2D eigenvalue weighted by Crippen LogP contribution is 2.26. The Labute approximate surface area is 114 Å². The van der Waals surface area contributed by atoms with Crippen molar-refractivity contribution in [2.24, 2.45) is 0 Å². The van der Waals surface area contributed by atoms with Crippen molar-refractivity contribution in [3.8, 4) is 11.8 Å². The van der Waals surface area contributed by atoms with Gasteiger partial charge in [-0.05, 0) is 17.7 Å². The van der Waals surface area contributed by atoms with Crippen molar-refractivity contribution in [2.75, 3.05) is 33.4 Å². The second-order valence-corrected chi connectivity index (χ2v) is 4.79. The van der Waals surface area contributed by atoms with Crippen molar-refractivity contribution in [3.63, 3.8) is 0 Å². The van der Waals surface area contributed by atoms with Gasteiger partial charge >= 0.3 is 0 Å². The van der Waals surface area contributed by atoms with E-state index < -0.39 is 0 Å². The predicted molar refractivity (Wildman–Crippen MR) is 73.2 cm³/mol. The standard InChI is InChI=1S/C15H20N2O2/c1-12(13-4-3-5-14(10-13)18-2)15(11-16)17-6-8-19-9-7-17/h3-5,10,12,15H,6-9H2,1-2H3. The summed E-state index contributed by atoms with van der Waals surface area (Å²) in [4.78, 5) is 2.20. The van der Waals surface area contributed by atoms with Gasteiger partial charge in [-0.1, -0.05) is 19.1 Å². The molecule has 1 aromatic carbocycles. The molecule has 0 N–H and O–H groups in total. The molecule has 0 radical (unpaired) electrons. The van der Waals surface area contributed by atoms with Crippen LogP contribution in [0.25, 0.3) is 0 Å². The largest absolute Gasteiger partial charge is 0.497 e. The van der Waals surface area contributed by atoms with Crippen molar-refractivity contribution >= 4 is 0 Å². The monoisotopic (exact) mass is 260 g/mol. The van der Waals surface area contributed by atoms with E-state index in [1.165, 1.54) is 0 Å². The summed E-state index contributed by atoms with van der Waals surface area (Å²) in [6.45, 7) is 5.17. The molecule has 0 saturated carbocycles. The average Bonchev–Trinajstić information content (AvgIpc) is 2.49. The molecule has 2 unspecified atom stereocenters. The lowest BCUT2D eigenvalue weighted by Crippen LogP contribution is -2.45. The van der Waals surface area contributed by atoms with Gasteiger partial charge in [0.2, 0.25) is 0 Å². The molecule has 0 amide bonds. The minimum atomic E-state index is -0.115. The SMILES string of the molecule is COc1cccc(C(C)C(C#N)N2CCOCC2)c1. The van der Waals surface area contributed by atoms with Crippen molar-refractivity contribution in [2.45, 2.75) is 18.9 Å². The molecular formula is C15H20N2O2. The minimum absolute atomic E-state index is 0.115. The van der Waals surface area contributed by atoms with E-state index in [1.807, 2.05) is 18.2 Å². The topological polar surface area (TPSA) is 45.5 Å². The summed E-state index contributed by atoms with van der Waals surface area (Å²) in [5.74, 6) is 0.987. The van der Waals surface area contributed by atoms with Gasteiger partial charge < -0.3 is 9.47 Å². The molecule has 0 bridgehead atoms. The van der Waals surface area contributed by atoms with Crippen LogP contribution in [-0.4, -0.2) is 44.4 Å². The molecule has 2 rings (SSSR count). The van der Waals surface area contributed by atoms with E-state index in [-0.39, 0.29) is 12.0 Å². The molecule has 0 spiro atoms. The van der Waals surface area contributed by atoms with Crippen LogP contribution < -0.4 is 4.74 Å². The van der Waals surface area contributed by atoms with Gasteiger partial charge in [0.05, 0.1) is 26.4 Å². The Hall–Kier alpha value is -1.57. The lowest BCUT2D eigenvalue weighted by Gasteiger charge is -2.33. The average molecular weight is 260 g/mol. The summed E-state index contributed by atoms with van der Waals surface area (Å²) in [7, 11) is 1.66. The van der Waals surface area contributed by atoms with Crippen molar-refractivity contribution in [1.29, 1.82) is 5.26 Å². The van der Waals surface area contributed by atoms with Gasteiger partial charge in [-0.3, -0.25) is 4.90 Å². The van der Waals surface area contributed by atoms with Gasteiger partial charge in [0.25, 0.3) is 0 Å². The normalized spacial score (nSPS) is 19.4. The zero-order chi connectivity index (χ0) is 13.7. The van der Waals surface area contributed by atoms with Crippen LogP contribution >= 0.6 is 0 Å². The number of nitriles is 1. The fourth-order valence-corrected chi connectivity index (χ4v) is 2.47. The van der Waals surface area contributed by atoms with Crippen LogP contribution in [0, 0.1) is 11.3 Å². The summed E-state index contributed by atoms with van der Waals surface area (Å²) >= 11 is 0. The first-order valence-electron chi connectivity index (χ1n) is 6.61. The van der Waals surface area contributed by atoms with Crippen molar-refractivity contribution < 1.29 is 9.47 Å². The van der Waals surface area contributed by atoms with Crippen LogP contribution in [0.1, 0.15) is 18.4 Å². The fourth-order valence-electron chi connectivity index (χ4n) is 2.47. The van der Waals surface area contributed by atoms with Gasteiger partial charge in [-0.15, -0.1) is 0 Å². The smallest absolute Gasteiger partial charge is 0.119 e. The van der Waals surface area contributed by atoms with Gasteiger partial charge in [0.15, 0.2) is 0 Å². The van der Waals surface area contributed by atoms with E-state index in [1.54, 1.807) is 7.11 Å². The number of rotatable bonds is 4. The molecule has 1 heterocycles. The Morgan fingerprint density at radius 3 is 2.74 bits per heavy atom. The van der Waals surface area contributed by atoms with E-state index in [0.29, 0.717) is 13.2 Å². The number of morpholine rings is 1. The molecule has 1 aliphatic rings. The molecular weight excluding hydrogens is 240 g/mol. The van der Waals surface area contributed by atoms with Gasteiger partial charge in [0.1, 0.15) is 11.8 Å². The molecule has 4 heteroatoms. The molecule has 1 aliphatic heterocycles. The minimum Gasteiger partial charge on any atom is -0.497 e. The molecule has 1 fully saturated rings. The Morgan fingerprint density at radius 1 is 1.37 bits per heavy atom. The molecule has 2 atom stereocenters. The van der Waals surface area contributed by atoms with Crippen LogP contribution in [0.2, 0.25) is 0 Å². The number of methoxy groups -OCH3 is 1. The zero-order valence-corrected chi connectivity index (χ0v) is 11.5. The van der Waals surface area contributed by atoms with Crippen LogP contribution in [0.5, 0.6) is 5.75 Å². The zero-order valence-electron chi connectivity index (χ0n) is 11.5. The molecule has 102 valence electrons. The fraction of sp³-hybridized carbons (Fsp3) is 0.533. The molecule has 19 heavy (non-hydrogen) atoms. The summed E-state index contributed by atoms with van der Waals surface area (Å²) in [6.07, 6.45) is 0. The Balaban J connectivity index is 2.15.